The van der Waals surface area contributed by atoms with E-state index in [2.05, 4.69) is 63.3 Å². The summed E-state index contributed by atoms with van der Waals surface area (Å²) in [6, 6.07) is 11.4. The van der Waals surface area contributed by atoms with Crippen molar-refractivity contribution in [3.05, 3.63) is 59.2 Å². The molecule has 0 aliphatic heterocycles. The summed E-state index contributed by atoms with van der Waals surface area (Å²) in [5.74, 6) is 1.66. The van der Waals surface area contributed by atoms with E-state index in [4.69, 9.17) is 0 Å². The molecule has 1 spiro atoms. The second kappa shape index (κ2) is 4.84. The van der Waals surface area contributed by atoms with E-state index in [1.165, 1.54) is 33.9 Å². The first-order valence-electron chi connectivity index (χ1n) is 9.63. The molecule has 0 aromatic heterocycles. The van der Waals surface area contributed by atoms with Crippen LogP contribution in [0.1, 0.15) is 56.7 Å². The van der Waals surface area contributed by atoms with Gasteiger partial charge in [-0.3, -0.25) is 4.79 Å². The molecule has 0 N–H and O–H groups in total. The monoisotopic (exact) mass is 330 g/mol. The first-order valence-corrected chi connectivity index (χ1v) is 9.63. The standard InChI is InChI=1S/C24H26O/c1-23(2,3)21-6-4-5-16-10-17-11-19(25)14-24(22(17)12-20(16)21)13-15-7-8-18(24)9-15/h4-8,10,12,15,18H,9,11,13-14H2,1-3H3. The van der Waals surface area contributed by atoms with E-state index in [-0.39, 0.29) is 10.8 Å². The Balaban J connectivity index is 1.79. The van der Waals surface area contributed by atoms with Crippen molar-refractivity contribution >= 4 is 16.6 Å². The molecule has 2 aromatic carbocycles. The quantitative estimate of drug-likeness (QED) is 0.584. The molecule has 3 atom stereocenters. The molecule has 128 valence electrons. The third-order valence-corrected chi connectivity index (χ3v) is 6.86. The summed E-state index contributed by atoms with van der Waals surface area (Å²) in [4.78, 5) is 12.6. The van der Waals surface area contributed by atoms with Crippen molar-refractivity contribution in [2.45, 2.75) is 57.3 Å². The predicted octanol–water partition coefficient (Wildman–Crippen LogP) is 5.49. The van der Waals surface area contributed by atoms with Crippen LogP contribution < -0.4 is 0 Å². The van der Waals surface area contributed by atoms with Crippen LogP contribution in [0.2, 0.25) is 0 Å². The van der Waals surface area contributed by atoms with Crippen LogP contribution in [0.5, 0.6) is 0 Å². The smallest absolute Gasteiger partial charge is 0.138 e. The molecule has 1 heteroatoms. The molecular formula is C24H26O. The zero-order valence-electron chi connectivity index (χ0n) is 15.4. The van der Waals surface area contributed by atoms with Crippen LogP contribution in [0.25, 0.3) is 10.8 Å². The molecule has 1 fully saturated rings. The fraction of sp³-hybridized carbons (Fsp3) is 0.458. The van der Waals surface area contributed by atoms with Gasteiger partial charge in [0.1, 0.15) is 5.78 Å². The lowest BCUT2D eigenvalue weighted by Gasteiger charge is -2.41. The zero-order chi connectivity index (χ0) is 17.4. The van der Waals surface area contributed by atoms with Crippen LogP contribution >= 0.6 is 0 Å². The maximum absolute atomic E-state index is 12.6. The molecule has 0 radical (unpaired) electrons. The highest BCUT2D eigenvalue weighted by atomic mass is 16.1. The van der Waals surface area contributed by atoms with Gasteiger partial charge in [0, 0.05) is 18.3 Å². The predicted molar refractivity (Wildman–Crippen MR) is 103 cm³/mol. The molecule has 2 bridgehead atoms. The Labute approximate surface area is 150 Å². The molecule has 0 amide bonds. The zero-order valence-corrected chi connectivity index (χ0v) is 15.4. The van der Waals surface area contributed by atoms with Gasteiger partial charge in [-0.15, -0.1) is 0 Å². The highest BCUT2D eigenvalue weighted by molar-refractivity contribution is 5.92. The number of fused-ring (bicyclic) bond motifs is 6. The lowest BCUT2D eigenvalue weighted by molar-refractivity contribution is -0.120. The number of ketones is 1. The van der Waals surface area contributed by atoms with Crippen LogP contribution in [0.4, 0.5) is 0 Å². The highest BCUT2D eigenvalue weighted by Gasteiger charge is 2.52. The number of carbonyl (C=O) groups is 1. The van der Waals surface area contributed by atoms with Gasteiger partial charge in [0.2, 0.25) is 0 Å². The van der Waals surface area contributed by atoms with Crippen LogP contribution in [0.3, 0.4) is 0 Å². The Morgan fingerprint density at radius 2 is 1.96 bits per heavy atom. The minimum atomic E-state index is 0.0727. The minimum absolute atomic E-state index is 0.0727. The molecule has 0 heterocycles. The van der Waals surface area contributed by atoms with Crippen molar-refractivity contribution in [2.24, 2.45) is 11.8 Å². The third-order valence-electron chi connectivity index (χ3n) is 6.86. The Hall–Kier alpha value is -1.89. The average Bonchev–Trinajstić information content (AvgIpc) is 3.13. The number of benzene rings is 2. The molecule has 3 unspecified atom stereocenters. The molecule has 0 saturated heterocycles. The molecule has 25 heavy (non-hydrogen) atoms. The van der Waals surface area contributed by atoms with Gasteiger partial charge in [0.25, 0.3) is 0 Å². The van der Waals surface area contributed by atoms with Gasteiger partial charge in [0.15, 0.2) is 0 Å². The Kier molecular flexibility index (Phi) is 2.98. The first-order chi connectivity index (χ1) is 11.9. The Bertz CT molecular complexity index is 927. The van der Waals surface area contributed by atoms with Crippen molar-refractivity contribution in [1.29, 1.82) is 0 Å². The molecule has 1 saturated carbocycles. The van der Waals surface area contributed by atoms with Gasteiger partial charge >= 0.3 is 0 Å². The third kappa shape index (κ3) is 2.11. The largest absolute Gasteiger partial charge is 0.299 e. The number of hydrogen-bond donors (Lipinski definition) is 0. The van der Waals surface area contributed by atoms with Gasteiger partial charge in [-0.05, 0) is 63.6 Å². The molecule has 3 aliphatic carbocycles. The van der Waals surface area contributed by atoms with Crippen molar-refractivity contribution in [3.8, 4) is 0 Å². The normalized spacial score (nSPS) is 30.4. The first kappa shape index (κ1) is 15.4. The van der Waals surface area contributed by atoms with Crippen LogP contribution in [-0.2, 0) is 22.0 Å². The van der Waals surface area contributed by atoms with Gasteiger partial charge in [-0.1, -0.05) is 57.2 Å². The Morgan fingerprint density at radius 3 is 2.64 bits per heavy atom. The second-order valence-electron chi connectivity index (χ2n) is 9.53. The highest BCUT2D eigenvalue weighted by Crippen LogP contribution is 2.58. The van der Waals surface area contributed by atoms with Crippen LogP contribution in [-0.4, -0.2) is 5.78 Å². The molecular weight excluding hydrogens is 304 g/mol. The SMILES string of the molecule is CC(C)(C)c1cccc2cc3c(cc12)C1(CC(=O)C3)CC2C=CC1C2. The number of hydrogen-bond acceptors (Lipinski definition) is 1. The summed E-state index contributed by atoms with van der Waals surface area (Å²) in [6.45, 7) is 6.88. The summed E-state index contributed by atoms with van der Waals surface area (Å²) in [5, 5.41) is 2.67. The summed E-state index contributed by atoms with van der Waals surface area (Å²) in [7, 11) is 0. The van der Waals surface area contributed by atoms with Gasteiger partial charge < -0.3 is 0 Å². The molecule has 5 rings (SSSR count). The minimum Gasteiger partial charge on any atom is -0.299 e. The van der Waals surface area contributed by atoms with E-state index in [9.17, 15) is 4.79 Å². The van der Waals surface area contributed by atoms with E-state index in [1.54, 1.807) is 0 Å². The van der Waals surface area contributed by atoms with E-state index in [0.717, 1.165) is 12.8 Å². The van der Waals surface area contributed by atoms with Crippen molar-refractivity contribution in [1.82, 2.24) is 0 Å². The van der Waals surface area contributed by atoms with E-state index >= 15 is 0 Å². The van der Waals surface area contributed by atoms with Gasteiger partial charge in [-0.25, -0.2) is 0 Å². The van der Waals surface area contributed by atoms with Crippen LogP contribution in [0, 0.1) is 11.8 Å². The second-order valence-corrected chi connectivity index (χ2v) is 9.53. The van der Waals surface area contributed by atoms with Crippen molar-refractivity contribution < 1.29 is 4.79 Å². The Morgan fingerprint density at radius 1 is 1.12 bits per heavy atom. The average molecular weight is 330 g/mol. The summed E-state index contributed by atoms with van der Waals surface area (Å²) < 4.78 is 0. The number of rotatable bonds is 0. The molecule has 3 aliphatic rings. The summed E-state index contributed by atoms with van der Waals surface area (Å²) >= 11 is 0. The fourth-order valence-electron chi connectivity index (χ4n) is 5.83. The van der Waals surface area contributed by atoms with Gasteiger partial charge in [-0.2, -0.15) is 0 Å². The van der Waals surface area contributed by atoms with Gasteiger partial charge in [0.05, 0.1) is 0 Å². The van der Waals surface area contributed by atoms with E-state index in [0.29, 0.717) is 24.0 Å². The number of carbonyl (C=O) groups excluding carboxylic acids is 1. The summed E-state index contributed by atoms with van der Waals surface area (Å²) in [6.07, 6.45) is 8.55. The molecule has 1 nitrogen and oxygen atoms in total. The maximum atomic E-state index is 12.6. The number of allylic oxidation sites excluding steroid dienone is 2. The summed E-state index contributed by atoms with van der Waals surface area (Å²) in [5.41, 5.74) is 4.38. The number of Topliss-reactive ketones (excluding diaryl/α,β-unsaturated/α-hetero) is 1. The maximum Gasteiger partial charge on any atom is 0.138 e. The van der Waals surface area contributed by atoms with Crippen LogP contribution in [0.15, 0.2) is 42.5 Å². The van der Waals surface area contributed by atoms with Crippen molar-refractivity contribution in [3.63, 3.8) is 0 Å². The van der Waals surface area contributed by atoms with E-state index in [1.807, 2.05) is 0 Å². The fourth-order valence-corrected chi connectivity index (χ4v) is 5.83. The lowest BCUT2D eigenvalue weighted by atomic mass is 9.62. The topological polar surface area (TPSA) is 17.1 Å². The molecule has 2 aromatic rings. The lowest BCUT2D eigenvalue weighted by Crippen LogP contribution is -2.38. The van der Waals surface area contributed by atoms with E-state index < -0.39 is 0 Å². The van der Waals surface area contributed by atoms with Crippen molar-refractivity contribution in [2.75, 3.05) is 0 Å².